The summed E-state index contributed by atoms with van der Waals surface area (Å²) >= 11 is 3.40. The highest BCUT2D eigenvalue weighted by molar-refractivity contribution is 9.10. The third-order valence-corrected chi connectivity index (χ3v) is 2.89. The minimum absolute atomic E-state index is 0.130. The van der Waals surface area contributed by atoms with Crippen LogP contribution in [0.3, 0.4) is 0 Å². The predicted molar refractivity (Wildman–Crippen MR) is 69.7 cm³/mol. The summed E-state index contributed by atoms with van der Waals surface area (Å²) < 4.78 is 10.5. The van der Waals surface area contributed by atoms with Gasteiger partial charge in [0.1, 0.15) is 5.75 Å². The first-order valence-electron chi connectivity index (χ1n) is 4.95. The molecule has 0 bridgehead atoms. The van der Waals surface area contributed by atoms with Crippen molar-refractivity contribution >= 4 is 28.0 Å². The number of hydrogen-bond donors (Lipinski definition) is 1. The zero-order valence-electron chi connectivity index (χ0n) is 9.70. The van der Waals surface area contributed by atoms with Crippen LogP contribution in [0.25, 0.3) is 6.08 Å². The summed E-state index contributed by atoms with van der Waals surface area (Å²) in [7, 11) is 2.92. The number of ether oxygens (including phenoxy) is 2. The van der Waals surface area contributed by atoms with Gasteiger partial charge in [-0.2, -0.15) is 0 Å². The Morgan fingerprint density at radius 2 is 2.18 bits per heavy atom. The van der Waals surface area contributed by atoms with Gasteiger partial charge in [-0.3, -0.25) is 0 Å². The van der Waals surface area contributed by atoms with Gasteiger partial charge >= 0.3 is 5.97 Å². The molecular formula is C12H14BrNO3. The minimum Gasteiger partial charge on any atom is -0.497 e. The van der Waals surface area contributed by atoms with Crippen LogP contribution >= 0.6 is 15.9 Å². The second kappa shape index (κ2) is 6.42. The van der Waals surface area contributed by atoms with Crippen LogP contribution in [-0.2, 0) is 9.53 Å². The van der Waals surface area contributed by atoms with E-state index in [1.807, 2.05) is 18.2 Å². The van der Waals surface area contributed by atoms with E-state index in [2.05, 4.69) is 20.7 Å². The van der Waals surface area contributed by atoms with Crippen LogP contribution in [0.4, 0.5) is 0 Å². The topological polar surface area (TPSA) is 61.5 Å². The zero-order chi connectivity index (χ0) is 12.8. The molecule has 0 unspecified atom stereocenters. The molecule has 1 aromatic carbocycles. The van der Waals surface area contributed by atoms with Gasteiger partial charge in [0.05, 0.1) is 19.8 Å². The monoisotopic (exact) mass is 299 g/mol. The molecule has 4 nitrogen and oxygen atoms in total. The quantitative estimate of drug-likeness (QED) is 0.682. The molecule has 0 atom stereocenters. The predicted octanol–water partition coefficient (Wildman–Crippen LogP) is 1.97. The van der Waals surface area contributed by atoms with Crippen LogP contribution in [0.5, 0.6) is 5.75 Å². The molecule has 0 amide bonds. The molecule has 1 rings (SSSR count). The smallest absolute Gasteiger partial charge is 0.335 e. The molecule has 5 heteroatoms. The highest BCUT2D eigenvalue weighted by Gasteiger charge is 2.08. The van der Waals surface area contributed by atoms with Gasteiger partial charge in [-0.25, -0.2) is 4.79 Å². The van der Waals surface area contributed by atoms with Gasteiger partial charge in [-0.1, -0.05) is 22.0 Å². The average molecular weight is 300 g/mol. The number of methoxy groups -OCH3 is 2. The molecule has 0 saturated heterocycles. The summed E-state index contributed by atoms with van der Waals surface area (Å²) in [6.45, 7) is 0.130. The van der Waals surface area contributed by atoms with E-state index in [0.29, 0.717) is 5.57 Å². The Bertz CT molecular complexity index is 443. The molecule has 0 aliphatic carbocycles. The lowest BCUT2D eigenvalue weighted by Gasteiger charge is -2.06. The summed E-state index contributed by atoms with van der Waals surface area (Å²) in [6.07, 6.45) is 1.69. The lowest BCUT2D eigenvalue weighted by atomic mass is 10.1. The lowest BCUT2D eigenvalue weighted by Crippen LogP contribution is -2.14. The highest BCUT2D eigenvalue weighted by atomic mass is 79.9. The second-order valence-electron chi connectivity index (χ2n) is 3.25. The SMILES string of the molecule is COC(=O)/C(=C/c1ccc(OC)cc1Br)CN. The molecular weight excluding hydrogens is 286 g/mol. The van der Waals surface area contributed by atoms with Crippen molar-refractivity contribution in [3.8, 4) is 5.75 Å². The molecule has 0 aliphatic heterocycles. The summed E-state index contributed by atoms with van der Waals surface area (Å²) in [5.74, 6) is 0.316. The molecule has 17 heavy (non-hydrogen) atoms. The Morgan fingerprint density at radius 1 is 1.47 bits per heavy atom. The summed E-state index contributed by atoms with van der Waals surface area (Å²) in [6, 6.07) is 5.46. The number of rotatable bonds is 4. The van der Waals surface area contributed by atoms with E-state index in [1.54, 1.807) is 13.2 Å². The Balaban J connectivity index is 3.08. The van der Waals surface area contributed by atoms with E-state index in [9.17, 15) is 4.79 Å². The van der Waals surface area contributed by atoms with Crippen LogP contribution in [0.15, 0.2) is 28.2 Å². The first-order valence-corrected chi connectivity index (χ1v) is 5.74. The fourth-order valence-corrected chi connectivity index (χ4v) is 1.74. The van der Waals surface area contributed by atoms with Gasteiger partial charge < -0.3 is 15.2 Å². The Labute approximate surface area is 109 Å². The first-order chi connectivity index (χ1) is 8.12. The maximum atomic E-state index is 11.4. The van der Waals surface area contributed by atoms with Crippen molar-refractivity contribution in [2.75, 3.05) is 20.8 Å². The zero-order valence-corrected chi connectivity index (χ0v) is 11.3. The van der Waals surface area contributed by atoms with E-state index >= 15 is 0 Å². The largest absolute Gasteiger partial charge is 0.497 e. The number of benzene rings is 1. The lowest BCUT2D eigenvalue weighted by molar-refractivity contribution is -0.136. The highest BCUT2D eigenvalue weighted by Crippen LogP contribution is 2.24. The molecule has 0 spiro atoms. The standard InChI is InChI=1S/C12H14BrNO3/c1-16-10-4-3-8(11(13)6-10)5-9(7-14)12(15)17-2/h3-6H,7,14H2,1-2H3/b9-5+. The fraction of sp³-hybridized carbons (Fsp3) is 0.250. The van der Waals surface area contributed by atoms with Crippen LogP contribution in [-0.4, -0.2) is 26.7 Å². The Morgan fingerprint density at radius 3 is 2.65 bits per heavy atom. The first kappa shape index (κ1) is 13.7. The van der Waals surface area contributed by atoms with Crippen molar-refractivity contribution < 1.29 is 14.3 Å². The van der Waals surface area contributed by atoms with Crippen molar-refractivity contribution in [2.45, 2.75) is 0 Å². The molecule has 0 heterocycles. The van der Waals surface area contributed by atoms with Crippen LogP contribution in [0, 0.1) is 0 Å². The van der Waals surface area contributed by atoms with Gasteiger partial charge in [0.15, 0.2) is 0 Å². The maximum absolute atomic E-state index is 11.4. The van der Waals surface area contributed by atoms with Crippen molar-refractivity contribution in [3.05, 3.63) is 33.8 Å². The number of carbonyl (C=O) groups is 1. The molecule has 92 valence electrons. The van der Waals surface area contributed by atoms with Crippen molar-refractivity contribution in [1.82, 2.24) is 0 Å². The third kappa shape index (κ3) is 3.57. The number of nitrogens with two attached hydrogens (primary N) is 1. The number of esters is 1. The van der Waals surface area contributed by atoms with E-state index < -0.39 is 5.97 Å². The maximum Gasteiger partial charge on any atom is 0.335 e. The van der Waals surface area contributed by atoms with E-state index in [0.717, 1.165) is 15.8 Å². The summed E-state index contributed by atoms with van der Waals surface area (Å²) in [5, 5.41) is 0. The number of hydrogen-bond acceptors (Lipinski definition) is 4. The molecule has 1 aromatic rings. The summed E-state index contributed by atoms with van der Waals surface area (Å²) in [4.78, 5) is 11.4. The van der Waals surface area contributed by atoms with Gasteiger partial charge in [0, 0.05) is 11.0 Å². The molecule has 0 saturated carbocycles. The molecule has 2 N–H and O–H groups in total. The van der Waals surface area contributed by atoms with Crippen molar-refractivity contribution in [1.29, 1.82) is 0 Å². The fourth-order valence-electron chi connectivity index (χ4n) is 1.27. The van der Waals surface area contributed by atoms with E-state index in [-0.39, 0.29) is 6.54 Å². The number of halogens is 1. The molecule has 0 aromatic heterocycles. The Kier molecular flexibility index (Phi) is 5.18. The van der Waals surface area contributed by atoms with Gasteiger partial charge in [0.25, 0.3) is 0 Å². The number of carbonyl (C=O) groups excluding carboxylic acids is 1. The third-order valence-electron chi connectivity index (χ3n) is 2.20. The normalized spacial score (nSPS) is 11.2. The van der Waals surface area contributed by atoms with Gasteiger partial charge in [0.2, 0.25) is 0 Å². The van der Waals surface area contributed by atoms with E-state index in [1.165, 1.54) is 7.11 Å². The molecule has 0 radical (unpaired) electrons. The summed E-state index contributed by atoms with van der Waals surface area (Å²) in [5.41, 5.74) is 6.75. The molecule has 0 aliphatic rings. The Hall–Kier alpha value is -1.33. The van der Waals surface area contributed by atoms with Gasteiger partial charge in [-0.15, -0.1) is 0 Å². The van der Waals surface area contributed by atoms with Crippen LogP contribution in [0.2, 0.25) is 0 Å². The average Bonchev–Trinajstić information content (AvgIpc) is 2.36. The van der Waals surface area contributed by atoms with Gasteiger partial charge in [-0.05, 0) is 23.8 Å². The second-order valence-corrected chi connectivity index (χ2v) is 4.11. The molecule has 0 fully saturated rings. The van der Waals surface area contributed by atoms with Crippen molar-refractivity contribution in [3.63, 3.8) is 0 Å². The van der Waals surface area contributed by atoms with E-state index in [4.69, 9.17) is 10.5 Å². The van der Waals surface area contributed by atoms with Crippen LogP contribution < -0.4 is 10.5 Å². The van der Waals surface area contributed by atoms with Crippen LogP contribution in [0.1, 0.15) is 5.56 Å². The minimum atomic E-state index is -0.421. The van der Waals surface area contributed by atoms with Crippen molar-refractivity contribution in [2.24, 2.45) is 5.73 Å².